The van der Waals surface area contributed by atoms with Crippen molar-refractivity contribution in [3.8, 4) is 0 Å². The number of carbonyl (C=O) groups is 2. The molecule has 9 N–H and O–H groups in total. The molecule has 1 saturated heterocycles. The third-order valence-corrected chi connectivity index (χ3v) is 13.2. The van der Waals surface area contributed by atoms with E-state index in [0.717, 1.165) is 57.8 Å². The summed E-state index contributed by atoms with van der Waals surface area (Å²) in [6.45, 7) is 2.81. The predicted molar refractivity (Wildman–Crippen MR) is 251 cm³/mol. The molecule has 0 aromatic carbocycles. The molecule has 2 aliphatic rings. The van der Waals surface area contributed by atoms with Gasteiger partial charge >= 0.3 is 19.8 Å². The quantitative estimate of drug-likeness (QED) is 0.0248. The minimum Gasteiger partial charge on any atom is -0.462 e. The molecule has 1 saturated carbocycles. The molecule has 1 heterocycles. The molecule has 66 heavy (non-hydrogen) atoms. The lowest BCUT2D eigenvalue weighted by Gasteiger charge is -2.37. The average molecular weight is 961 g/mol. The van der Waals surface area contributed by atoms with Crippen molar-refractivity contribution in [1.82, 2.24) is 0 Å². The predicted octanol–water partition coefficient (Wildman–Crippen LogP) is 6.33. The van der Waals surface area contributed by atoms with Crippen LogP contribution in [0.2, 0.25) is 0 Å². The van der Waals surface area contributed by atoms with E-state index in [1.807, 2.05) is 6.92 Å². The molecule has 1 aliphatic heterocycles. The van der Waals surface area contributed by atoms with E-state index >= 15 is 0 Å². The monoisotopic (exact) mass is 961 g/mol. The second-order valence-corrected chi connectivity index (χ2v) is 19.3. The van der Waals surface area contributed by atoms with Gasteiger partial charge in [0.1, 0.15) is 31.0 Å². The first-order chi connectivity index (χ1) is 31.6. The maximum absolute atomic E-state index is 13.5. The Balaban J connectivity index is 2.16. The first-order valence-electron chi connectivity index (χ1n) is 24.7. The van der Waals surface area contributed by atoms with E-state index in [1.54, 1.807) is 0 Å². The lowest BCUT2D eigenvalue weighted by atomic mass is 9.82. The Morgan fingerprint density at radius 2 is 1.33 bits per heavy atom. The molecule has 0 aromatic rings. The third-order valence-electron chi connectivity index (χ3n) is 12.2. The Hall–Kier alpha value is -2.31. The van der Waals surface area contributed by atoms with Gasteiger partial charge in [0.15, 0.2) is 6.10 Å². The number of aliphatic hydroxyl groups is 8. The first kappa shape index (κ1) is 59.8. The highest BCUT2D eigenvalue weighted by molar-refractivity contribution is 7.47. The number of carbonyl (C=O) groups excluding carboxylic acids is 2. The van der Waals surface area contributed by atoms with E-state index in [-0.39, 0.29) is 19.3 Å². The number of aliphatic hydroxyl groups excluding tert-OH is 8. The number of ether oxygens (including phenoxy) is 2. The summed E-state index contributed by atoms with van der Waals surface area (Å²) in [5, 5.41) is 90.3. The van der Waals surface area contributed by atoms with Crippen molar-refractivity contribution in [2.24, 2.45) is 11.8 Å². The van der Waals surface area contributed by atoms with Crippen molar-refractivity contribution >= 4 is 19.8 Å². The van der Waals surface area contributed by atoms with Gasteiger partial charge in [-0.15, -0.1) is 0 Å². The van der Waals surface area contributed by atoms with Gasteiger partial charge in [0, 0.05) is 31.1 Å². The molecule has 2 rings (SSSR count). The fraction of sp³-hybridized carbons (Fsp3) is 0.796. The zero-order valence-corrected chi connectivity index (χ0v) is 40.4. The van der Waals surface area contributed by atoms with Gasteiger partial charge in [-0.25, -0.2) is 4.57 Å². The molecule has 16 nitrogen and oxygen atoms in total. The highest BCUT2D eigenvalue weighted by Gasteiger charge is 2.49. The summed E-state index contributed by atoms with van der Waals surface area (Å²) in [7, 11) is -5.44. The molecule has 1 aliphatic carbocycles. The number of hydrogen-bond donors (Lipinski definition) is 9. The van der Waals surface area contributed by atoms with Gasteiger partial charge in [-0.1, -0.05) is 127 Å². The fourth-order valence-electron chi connectivity index (χ4n) is 8.15. The van der Waals surface area contributed by atoms with Gasteiger partial charge < -0.3 is 55.2 Å². The average Bonchev–Trinajstić information content (AvgIpc) is 3.28. The summed E-state index contributed by atoms with van der Waals surface area (Å²) in [4.78, 5) is 36.5. The normalized spacial score (nSPS) is 32.3. The van der Waals surface area contributed by atoms with Crippen molar-refractivity contribution in [3.05, 3.63) is 48.6 Å². The van der Waals surface area contributed by atoms with Crippen molar-refractivity contribution < 1.29 is 78.4 Å². The number of hydrogen-bond acceptors (Lipinski definition) is 15. The number of unbranched alkanes of at least 4 members (excludes halogenated alkanes) is 9. The zero-order chi connectivity index (χ0) is 48.7. The summed E-state index contributed by atoms with van der Waals surface area (Å²) >= 11 is 0. The summed E-state index contributed by atoms with van der Waals surface area (Å²) in [5.41, 5.74) is 0. The highest BCUT2D eigenvalue weighted by Crippen LogP contribution is 2.47. The second-order valence-electron chi connectivity index (χ2n) is 17.9. The van der Waals surface area contributed by atoms with Crippen LogP contribution in [-0.2, 0) is 32.7 Å². The topological polar surface area (TPSA) is 270 Å². The van der Waals surface area contributed by atoms with Crippen LogP contribution in [0.3, 0.4) is 0 Å². The Bertz CT molecular complexity index is 1470. The van der Waals surface area contributed by atoms with Crippen molar-refractivity contribution in [2.45, 2.75) is 223 Å². The largest absolute Gasteiger partial charge is 0.472 e. The lowest BCUT2D eigenvalue weighted by molar-refractivity contribution is -0.167. The van der Waals surface area contributed by atoms with Gasteiger partial charge in [0.2, 0.25) is 0 Å². The third kappa shape index (κ3) is 24.8. The molecule has 1 unspecified atom stereocenters. The summed E-state index contributed by atoms with van der Waals surface area (Å²) < 4.78 is 34.8. The molecule has 0 spiro atoms. The SMILES string of the molecule is CCCCC/C=C\C/C=C\C/C=C\CCCCCCC(=O)O[C@@H]1COC(=O)CCCCCC[C@@H]2[C@@H](O)[C@H](O)[C@@H](O)[C@H](OP(=O)(O)OC1)[C@H](O)[C@H](O)[C@@H](/C=C/[C@@H](O)CCCCC)[C@H](O)C[C@@H]2O. The van der Waals surface area contributed by atoms with Crippen LogP contribution in [0.25, 0.3) is 0 Å². The van der Waals surface area contributed by atoms with E-state index in [2.05, 4.69) is 43.4 Å². The highest BCUT2D eigenvalue weighted by atomic mass is 31.2. The minimum atomic E-state index is -5.44. The smallest absolute Gasteiger partial charge is 0.462 e. The Morgan fingerprint density at radius 3 is 2.02 bits per heavy atom. The molecule has 0 amide bonds. The van der Waals surface area contributed by atoms with Crippen molar-refractivity contribution in [1.29, 1.82) is 0 Å². The van der Waals surface area contributed by atoms with Gasteiger partial charge in [-0.3, -0.25) is 18.6 Å². The first-order valence-corrected chi connectivity index (χ1v) is 26.2. The standard InChI is InChI=1S/C49H85O16P/c1-3-5-7-8-9-10-11-12-13-14-15-16-17-18-19-20-26-30-43(54)64-37-34-62-42(53)29-25-22-21-24-28-38-40(51)33-41(52)39(32-31-36(50)27-23-6-4-2)45(56)47(58)49(48(59)46(57)44(38)55)65-66(60,61)63-35-37/h9-10,12-13,15-16,31-32,36-41,44-52,55-59H,3-8,11,14,17-30,33-35H2,1-2H3,(H,60,61)/b10-9-,13-12-,16-15-,32-31+/t36-,37+,38-,39-,40-,41+,44+,45+,46-,47+,48+,49+/m0/s1. The van der Waals surface area contributed by atoms with E-state index in [0.29, 0.717) is 44.9 Å². The number of allylic oxidation sites excluding steroid dienone is 6. The lowest BCUT2D eigenvalue weighted by Crippen LogP contribution is -2.55. The van der Waals surface area contributed by atoms with Crippen LogP contribution >= 0.6 is 7.82 Å². The summed E-state index contributed by atoms with van der Waals surface area (Å²) in [5.74, 6) is -3.93. The van der Waals surface area contributed by atoms with Gasteiger partial charge in [0.25, 0.3) is 0 Å². The number of fused-ring (bicyclic) bond motifs is 4. The van der Waals surface area contributed by atoms with Gasteiger partial charge in [-0.2, -0.15) is 0 Å². The zero-order valence-electron chi connectivity index (χ0n) is 39.6. The van der Waals surface area contributed by atoms with Crippen LogP contribution in [-0.4, -0.2) is 132 Å². The molecular weight excluding hydrogens is 875 g/mol. The van der Waals surface area contributed by atoms with Crippen LogP contribution < -0.4 is 0 Å². The summed E-state index contributed by atoms with van der Waals surface area (Å²) in [6.07, 6.45) is 11.6. The maximum Gasteiger partial charge on any atom is 0.472 e. The van der Waals surface area contributed by atoms with Gasteiger partial charge in [-0.05, 0) is 64.2 Å². The molecular formula is C49H85O16P. The molecule has 17 heteroatoms. The molecule has 2 fully saturated rings. The molecule has 382 valence electrons. The Morgan fingerprint density at radius 1 is 0.727 bits per heavy atom. The number of phosphoric acid groups is 1. The number of esters is 2. The van der Waals surface area contributed by atoms with Crippen molar-refractivity contribution in [2.75, 3.05) is 13.2 Å². The summed E-state index contributed by atoms with van der Waals surface area (Å²) in [6, 6.07) is 0. The molecule has 0 aromatic heterocycles. The molecule has 0 radical (unpaired) electrons. The fourth-order valence-corrected chi connectivity index (χ4v) is 9.13. The van der Waals surface area contributed by atoms with Crippen LogP contribution in [0, 0.1) is 11.8 Å². The molecule has 13 atom stereocenters. The Labute approximate surface area is 393 Å². The maximum atomic E-state index is 13.5. The Kier molecular flexibility index (Phi) is 31.6. The second kappa shape index (κ2) is 34.9. The van der Waals surface area contributed by atoms with Crippen LogP contribution in [0.4, 0.5) is 0 Å². The van der Waals surface area contributed by atoms with E-state index < -0.39 is 112 Å². The number of phosphoric ester groups is 1. The van der Waals surface area contributed by atoms with Crippen molar-refractivity contribution in [3.63, 3.8) is 0 Å². The number of cyclic esters (lactones) is 1. The van der Waals surface area contributed by atoms with Crippen LogP contribution in [0.1, 0.15) is 162 Å². The van der Waals surface area contributed by atoms with Gasteiger partial charge in [0.05, 0.1) is 37.1 Å². The van der Waals surface area contributed by atoms with E-state index in [9.17, 15) is 59.9 Å². The van der Waals surface area contributed by atoms with E-state index in [4.69, 9.17) is 18.5 Å². The van der Waals surface area contributed by atoms with Crippen LogP contribution in [0.5, 0.6) is 0 Å². The van der Waals surface area contributed by atoms with Crippen LogP contribution in [0.15, 0.2) is 48.6 Å². The van der Waals surface area contributed by atoms with E-state index in [1.165, 1.54) is 31.4 Å². The molecule has 2 bridgehead atoms. The minimum absolute atomic E-state index is 0.00173. The number of rotatable bonds is 22.